The van der Waals surface area contributed by atoms with E-state index in [4.69, 9.17) is 0 Å². The third-order valence-electron chi connectivity index (χ3n) is 5.05. The van der Waals surface area contributed by atoms with E-state index < -0.39 is 0 Å². The molecule has 1 atom stereocenters. The summed E-state index contributed by atoms with van der Waals surface area (Å²) in [5.41, 5.74) is 0.986. The average molecular weight is 356 g/mol. The fraction of sp³-hybridized carbons (Fsp3) is 0.579. The van der Waals surface area contributed by atoms with Gasteiger partial charge >= 0.3 is 0 Å². The predicted molar refractivity (Wildman–Crippen MR) is 101 cm³/mol. The van der Waals surface area contributed by atoms with E-state index in [1.807, 2.05) is 18.1 Å². The molecule has 0 radical (unpaired) electrons. The summed E-state index contributed by atoms with van der Waals surface area (Å²) in [4.78, 5) is 27.8. The minimum atomic E-state index is 0.235. The summed E-state index contributed by atoms with van der Waals surface area (Å²) < 4.78 is 2.08. The highest BCUT2D eigenvalue weighted by Crippen LogP contribution is 2.23. The fourth-order valence-corrected chi connectivity index (χ4v) is 3.69. The van der Waals surface area contributed by atoms with Gasteiger partial charge in [-0.1, -0.05) is 6.92 Å². The number of hydrogen-bond acceptors (Lipinski definition) is 5. The Hall–Kier alpha value is -2.44. The Kier molecular flexibility index (Phi) is 6.20. The van der Waals surface area contributed by atoms with E-state index >= 15 is 0 Å². The number of anilines is 1. The van der Waals surface area contributed by atoms with E-state index in [9.17, 15) is 4.79 Å². The first-order valence-corrected chi connectivity index (χ1v) is 9.46. The van der Waals surface area contributed by atoms with E-state index in [0.29, 0.717) is 18.9 Å². The lowest BCUT2D eigenvalue weighted by Gasteiger charge is -2.33. The number of hydrogen-bond donors (Lipinski definition) is 1. The first kappa shape index (κ1) is 18.4. The second-order valence-electron chi connectivity index (χ2n) is 6.79. The fourth-order valence-electron chi connectivity index (χ4n) is 3.69. The van der Waals surface area contributed by atoms with Crippen LogP contribution in [0.15, 0.2) is 24.8 Å². The van der Waals surface area contributed by atoms with Crippen molar-refractivity contribution in [1.29, 1.82) is 0 Å². The van der Waals surface area contributed by atoms with Crippen LogP contribution in [0.4, 0.5) is 5.82 Å². The molecule has 2 aromatic heterocycles. The number of aryl methyl sites for hydroxylation is 2. The molecule has 1 fully saturated rings. The molecule has 2 aromatic rings. The van der Waals surface area contributed by atoms with E-state index in [-0.39, 0.29) is 5.91 Å². The lowest BCUT2D eigenvalue weighted by molar-refractivity contribution is -0.133. The van der Waals surface area contributed by atoms with Crippen molar-refractivity contribution >= 4 is 11.7 Å². The molecule has 3 rings (SSSR count). The number of carbonyl (C=O) groups excluding carboxylic acids is 1. The zero-order chi connectivity index (χ0) is 18.4. The maximum atomic E-state index is 12.7. The van der Waals surface area contributed by atoms with E-state index in [2.05, 4.69) is 31.8 Å². The molecule has 1 aliphatic heterocycles. The quantitative estimate of drug-likeness (QED) is 0.823. The number of amides is 1. The Morgan fingerprint density at radius 3 is 2.92 bits per heavy atom. The zero-order valence-electron chi connectivity index (χ0n) is 15.7. The summed E-state index contributed by atoms with van der Waals surface area (Å²) in [7, 11) is 1.87. The molecule has 3 heterocycles. The van der Waals surface area contributed by atoms with E-state index in [0.717, 1.165) is 56.1 Å². The van der Waals surface area contributed by atoms with Crippen LogP contribution in [-0.2, 0) is 24.2 Å². The highest BCUT2D eigenvalue weighted by atomic mass is 16.2. The van der Waals surface area contributed by atoms with Gasteiger partial charge in [0.25, 0.3) is 0 Å². The van der Waals surface area contributed by atoms with Crippen molar-refractivity contribution < 1.29 is 4.79 Å². The van der Waals surface area contributed by atoms with Crippen molar-refractivity contribution in [2.75, 3.05) is 25.5 Å². The number of likely N-dealkylation sites (tertiary alicyclic amines) is 1. The molecule has 0 unspecified atom stereocenters. The van der Waals surface area contributed by atoms with Crippen LogP contribution >= 0.6 is 0 Å². The van der Waals surface area contributed by atoms with Gasteiger partial charge in [-0.25, -0.2) is 9.97 Å². The number of aromatic nitrogens is 4. The van der Waals surface area contributed by atoms with Gasteiger partial charge in [-0.3, -0.25) is 9.78 Å². The summed E-state index contributed by atoms with van der Waals surface area (Å²) in [6.07, 6.45) is 11.7. The van der Waals surface area contributed by atoms with Crippen LogP contribution in [0.1, 0.15) is 37.7 Å². The highest BCUT2D eigenvalue weighted by molar-refractivity contribution is 5.76. The van der Waals surface area contributed by atoms with Gasteiger partial charge in [0.05, 0.1) is 5.69 Å². The molecular formula is C19H28N6O. The number of nitrogens with one attached hydrogen (secondary N) is 1. The predicted octanol–water partition coefficient (Wildman–Crippen LogP) is 2.15. The van der Waals surface area contributed by atoms with Crippen molar-refractivity contribution in [3.05, 3.63) is 36.3 Å². The van der Waals surface area contributed by atoms with Gasteiger partial charge in [-0.2, -0.15) is 0 Å². The smallest absolute Gasteiger partial charge is 0.224 e. The summed E-state index contributed by atoms with van der Waals surface area (Å²) in [5.74, 6) is 2.55. The highest BCUT2D eigenvalue weighted by Gasteiger charge is 2.24. The minimum Gasteiger partial charge on any atom is -0.372 e. The minimum absolute atomic E-state index is 0.235. The van der Waals surface area contributed by atoms with E-state index in [1.54, 1.807) is 18.6 Å². The van der Waals surface area contributed by atoms with Gasteiger partial charge in [0.1, 0.15) is 11.6 Å². The van der Waals surface area contributed by atoms with Crippen molar-refractivity contribution in [2.24, 2.45) is 5.92 Å². The van der Waals surface area contributed by atoms with E-state index in [1.165, 1.54) is 0 Å². The Labute approximate surface area is 154 Å². The molecule has 0 saturated carbocycles. The topological polar surface area (TPSA) is 75.9 Å². The van der Waals surface area contributed by atoms with Crippen LogP contribution in [0.25, 0.3) is 0 Å². The molecule has 0 spiro atoms. The lowest BCUT2D eigenvalue weighted by atomic mass is 9.93. The first-order chi connectivity index (χ1) is 12.7. The second-order valence-corrected chi connectivity index (χ2v) is 6.79. The summed E-state index contributed by atoms with van der Waals surface area (Å²) in [5, 5.41) is 3.10. The molecule has 7 heteroatoms. The van der Waals surface area contributed by atoms with Crippen molar-refractivity contribution in [3.63, 3.8) is 0 Å². The Morgan fingerprint density at radius 2 is 2.12 bits per heavy atom. The molecule has 0 aromatic carbocycles. The molecule has 0 bridgehead atoms. The number of piperidine rings is 1. The van der Waals surface area contributed by atoms with Crippen LogP contribution in [0.2, 0.25) is 0 Å². The van der Waals surface area contributed by atoms with Crippen LogP contribution in [-0.4, -0.2) is 50.5 Å². The van der Waals surface area contributed by atoms with Gasteiger partial charge in [-0.15, -0.1) is 0 Å². The Balaban J connectivity index is 1.55. The Morgan fingerprint density at radius 1 is 1.27 bits per heavy atom. The lowest BCUT2D eigenvalue weighted by Crippen LogP contribution is -2.41. The van der Waals surface area contributed by atoms with Crippen molar-refractivity contribution in [3.8, 4) is 0 Å². The normalized spacial score (nSPS) is 17.3. The second kappa shape index (κ2) is 8.78. The number of rotatable bonds is 7. The zero-order valence-corrected chi connectivity index (χ0v) is 15.7. The molecule has 1 aliphatic rings. The molecule has 0 aliphatic carbocycles. The molecule has 1 amide bonds. The van der Waals surface area contributed by atoms with Crippen molar-refractivity contribution in [1.82, 2.24) is 24.4 Å². The Bertz CT molecular complexity index is 728. The number of nitrogens with zero attached hydrogens (tertiary/aromatic N) is 5. The van der Waals surface area contributed by atoms with Crippen LogP contribution in [0, 0.1) is 5.92 Å². The summed E-state index contributed by atoms with van der Waals surface area (Å²) in [6.45, 7) is 4.46. The summed E-state index contributed by atoms with van der Waals surface area (Å²) >= 11 is 0. The van der Waals surface area contributed by atoms with Crippen molar-refractivity contribution in [2.45, 2.75) is 45.6 Å². The number of carbonyl (C=O) groups is 1. The van der Waals surface area contributed by atoms with Gasteiger partial charge < -0.3 is 14.8 Å². The monoisotopic (exact) mass is 356 g/mol. The van der Waals surface area contributed by atoms with Crippen LogP contribution < -0.4 is 5.32 Å². The maximum absolute atomic E-state index is 12.7. The van der Waals surface area contributed by atoms with Crippen LogP contribution in [0.5, 0.6) is 0 Å². The first-order valence-electron chi connectivity index (χ1n) is 9.46. The largest absolute Gasteiger partial charge is 0.372 e. The molecular weight excluding hydrogens is 328 g/mol. The molecule has 7 nitrogen and oxygen atoms in total. The molecule has 26 heavy (non-hydrogen) atoms. The van der Waals surface area contributed by atoms with Gasteiger partial charge in [0, 0.05) is 64.3 Å². The van der Waals surface area contributed by atoms with Gasteiger partial charge in [0.2, 0.25) is 5.91 Å². The van der Waals surface area contributed by atoms with Gasteiger partial charge in [0.15, 0.2) is 0 Å². The molecule has 1 N–H and O–H groups in total. The van der Waals surface area contributed by atoms with Gasteiger partial charge in [-0.05, 0) is 25.2 Å². The third kappa shape index (κ3) is 4.39. The number of imidazole rings is 1. The summed E-state index contributed by atoms with van der Waals surface area (Å²) in [6, 6.07) is 0. The average Bonchev–Trinajstić information content (AvgIpc) is 3.14. The molecule has 140 valence electrons. The van der Waals surface area contributed by atoms with Crippen LogP contribution in [0.3, 0.4) is 0 Å². The maximum Gasteiger partial charge on any atom is 0.224 e. The standard InChI is InChI=1S/C19H28N6O/c1-3-17-22-9-12-24(17)11-6-18(26)25-10-4-5-15(14-25)13-16-19(20-2)23-8-7-21-16/h7-9,12,15H,3-6,10-11,13-14H2,1-2H3,(H,20,23)/t15-/m0/s1. The SMILES string of the molecule is CCc1nccn1CCC(=O)N1CCC[C@@H](Cc2nccnc2NC)C1. The molecule has 1 saturated heterocycles. The third-order valence-corrected chi connectivity index (χ3v) is 5.05.